The molecule has 4 nitrogen and oxygen atoms in total. The fourth-order valence-corrected chi connectivity index (χ4v) is 2.00. The van der Waals surface area contributed by atoms with Gasteiger partial charge >= 0.3 is 0 Å². The number of halogens is 2. The highest BCUT2D eigenvalue weighted by Gasteiger charge is 2.13. The molecule has 0 unspecified atom stereocenters. The van der Waals surface area contributed by atoms with Crippen LogP contribution in [-0.4, -0.2) is 10.2 Å². The molecule has 6 heteroatoms. The van der Waals surface area contributed by atoms with Gasteiger partial charge in [-0.1, -0.05) is 23.2 Å². The van der Waals surface area contributed by atoms with Crippen molar-refractivity contribution in [1.29, 1.82) is 0 Å². The summed E-state index contributed by atoms with van der Waals surface area (Å²) in [6.45, 7) is 0.146. The van der Waals surface area contributed by atoms with Crippen molar-refractivity contribution in [3.05, 3.63) is 44.2 Å². The largest absolute Gasteiger partial charge is 0.326 e. The maximum absolute atomic E-state index is 11.4. The van der Waals surface area contributed by atoms with E-state index in [0.717, 1.165) is 0 Å². The van der Waals surface area contributed by atoms with Crippen LogP contribution in [0.1, 0.15) is 5.56 Å². The Labute approximate surface area is 101 Å². The van der Waals surface area contributed by atoms with Gasteiger partial charge in [-0.05, 0) is 18.2 Å². The molecule has 16 heavy (non-hydrogen) atoms. The summed E-state index contributed by atoms with van der Waals surface area (Å²) in [5.74, 6) is 0. The van der Waals surface area contributed by atoms with Crippen molar-refractivity contribution in [3.8, 4) is 11.3 Å². The SMILES string of the molecule is NCc1c(-c2ccc(Cl)cc2Cl)[nH][nH]c1=O. The number of hydrogen-bond acceptors (Lipinski definition) is 2. The van der Waals surface area contributed by atoms with Crippen LogP contribution < -0.4 is 11.3 Å². The fourth-order valence-electron chi connectivity index (χ4n) is 1.50. The minimum Gasteiger partial charge on any atom is -0.326 e. The molecule has 2 aromatic rings. The molecule has 1 aromatic heterocycles. The molecule has 0 radical (unpaired) electrons. The van der Waals surface area contributed by atoms with Crippen LogP contribution in [0.5, 0.6) is 0 Å². The minimum atomic E-state index is -0.233. The van der Waals surface area contributed by atoms with Crippen molar-refractivity contribution in [3.63, 3.8) is 0 Å². The van der Waals surface area contributed by atoms with Crippen molar-refractivity contribution < 1.29 is 0 Å². The zero-order valence-electron chi connectivity index (χ0n) is 8.18. The normalized spacial score (nSPS) is 10.7. The summed E-state index contributed by atoms with van der Waals surface area (Å²) in [4.78, 5) is 11.4. The summed E-state index contributed by atoms with van der Waals surface area (Å²) in [6.07, 6.45) is 0. The van der Waals surface area contributed by atoms with Crippen molar-refractivity contribution in [2.75, 3.05) is 0 Å². The van der Waals surface area contributed by atoms with Crippen LogP contribution in [0, 0.1) is 0 Å². The molecule has 84 valence electrons. The second-order valence-corrected chi connectivity index (χ2v) is 4.10. The van der Waals surface area contributed by atoms with Gasteiger partial charge in [0, 0.05) is 17.1 Å². The lowest BCUT2D eigenvalue weighted by Crippen LogP contribution is -2.10. The first-order valence-electron chi connectivity index (χ1n) is 4.58. The molecular weight excluding hydrogens is 249 g/mol. The van der Waals surface area contributed by atoms with E-state index in [-0.39, 0.29) is 12.1 Å². The third-order valence-electron chi connectivity index (χ3n) is 2.28. The number of hydrogen-bond donors (Lipinski definition) is 3. The Bertz CT molecular complexity index is 574. The highest BCUT2D eigenvalue weighted by Crippen LogP contribution is 2.29. The van der Waals surface area contributed by atoms with Crippen LogP contribution >= 0.6 is 23.2 Å². The van der Waals surface area contributed by atoms with Crippen LogP contribution in [0.15, 0.2) is 23.0 Å². The van der Waals surface area contributed by atoms with E-state index < -0.39 is 0 Å². The molecule has 1 heterocycles. The van der Waals surface area contributed by atoms with Gasteiger partial charge in [-0.25, -0.2) is 0 Å². The maximum atomic E-state index is 11.4. The van der Waals surface area contributed by atoms with Gasteiger partial charge in [0.15, 0.2) is 0 Å². The van der Waals surface area contributed by atoms with E-state index in [1.54, 1.807) is 18.2 Å². The Balaban J connectivity index is 2.63. The van der Waals surface area contributed by atoms with E-state index in [0.29, 0.717) is 26.9 Å². The van der Waals surface area contributed by atoms with Gasteiger partial charge < -0.3 is 5.73 Å². The summed E-state index contributed by atoms with van der Waals surface area (Å²) in [5, 5.41) is 6.25. The molecule has 4 N–H and O–H groups in total. The lowest BCUT2D eigenvalue weighted by atomic mass is 10.1. The first-order valence-corrected chi connectivity index (χ1v) is 5.34. The lowest BCUT2D eigenvalue weighted by molar-refractivity contribution is 1.04. The first kappa shape index (κ1) is 11.3. The average Bonchev–Trinajstić information content (AvgIpc) is 2.59. The fraction of sp³-hybridized carbons (Fsp3) is 0.100. The smallest absolute Gasteiger partial charge is 0.269 e. The number of H-pyrrole nitrogens is 2. The number of benzene rings is 1. The van der Waals surface area contributed by atoms with Crippen molar-refractivity contribution in [2.24, 2.45) is 5.73 Å². The van der Waals surface area contributed by atoms with Crippen molar-refractivity contribution in [1.82, 2.24) is 10.2 Å². The van der Waals surface area contributed by atoms with Crippen LogP contribution in [0.2, 0.25) is 10.0 Å². The van der Waals surface area contributed by atoms with E-state index in [1.807, 2.05) is 0 Å². The second kappa shape index (κ2) is 4.33. The predicted octanol–water partition coefficient (Wildman–Crippen LogP) is 2.14. The number of nitrogens with two attached hydrogens (primary N) is 1. The molecule has 0 saturated heterocycles. The molecule has 0 bridgehead atoms. The Morgan fingerprint density at radius 2 is 2.00 bits per heavy atom. The molecular formula is C10H9Cl2N3O. The molecule has 0 saturated carbocycles. The van der Waals surface area contributed by atoms with Gasteiger partial charge in [0.2, 0.25) is 0 Å². The standard InChI is InChI=1S/C10H9Cl2N3O/c11-5-1-2-6(8(12)3-5)9-7(4-13)10(16)15-14-9/h1-3H,4,13H2,(H2,14,15,16). The topological polar surface area (TPSA) is 74.7 Å². The number of aromatic nitrogens is 2. The van der Waals surface area contributed by atoms with Crippen molar-refractivity contribution >= 4 is 23.2 Å². The minimum absolute atomic E-state index is 0.146. The summed E-state index contributed by atoms with van der Waals surface area (Å²) >= 11 is 11.8. The Morgan fingerprint density at radius 1 is 1.25 bits per heavy atom. The molecule has 2 rings (SSSR count). The lowest BCUT2D eigenvalue weighted by Gasteiger charge is -2.03. The molecule has 0 aliphatic heterocycles. The van der Waals surface area contributed by atoms with E-state index >= 15 is 0 Å². The van der Waals surface area contributed by atoms with E-state index in [9.17, 15) is 4.79 Å². The number of aromatic amines is 2. The van der Waals surface area contributed by atoms with Crippen LogP contribution in [0.4, 0.5) is 0 Å². The zero-order valence-corrected chi connectivity index (χ0v) is 9.69. The van der Waals surface area contributed by atoms with E-state index in [2.05, 4.69) is 10.2 Å². The van der Waals surface area contributed by atoms with E-state index in [4.69, 9.17) is 28.9 Å². The molecule has 0 aliphatic rings. The summed E-state index contributed by atoms with van der Waals surface area (Å²) < 4.78 is 0. The third kappa shape index (κ3) is 1.87. The van der Waals surface area contributed by atoms with Gasteiger partial charge in [0.1, 0.15) is 0 Å². The van der Waals surface area contributed by atoms with Gasteiger partial charge in [-0.15, -0.1) is 0 Å². The number of rotatable bonds is 2. The molecule has 0 amide bonds. The first-order chi connectivity index (χ1) is 7.63. The Morgan fingerprint density at radius 3 is 2.62 bits per heavy atom. The van der Waals surface area contributed by atoms with Gasteiger partial charge in [-0.3, -0.25) is 15.0 Å². The molecule has 0 aliphatic carbocycles. The van der Waals surface area contributed by atoms with Gasteiger partial charge in [-0.2, -0.15) is 0 Å². The molecule has 0 spiro atoms. The summed E-state index contributed by atoms with van der Waals surface area (Å²) in [5.41, 5.74) is 7.05. The van der Waals surface area contributed by atoms with Crippen molar-refractivity contribution in [2.45, 2.75) is 6.54 Å². The quantitative estimate of drug-likeness (QED) is 0.771. The van der Waals surface area contributed by atoms with E-state index in [1.165, 1.54) is 0 Å². The Hall–Kier alpha value is -1.23. The zero-order chi connectivity index (χ0) is 11.7. The highest BCUT2D eigenvalue weighted by atomic mass is 35.5. The van der Waals surface area contributed by atoms with Crippen LogP contribution in [0.3, 0.4) is 0 Å². The monoisotopic (exact) mass is 257 g/mol. The van der Waals surface area contributed by atoms with Crippen LogP contribution in [-0.2, 0) is 6.54 Å². The average molecular weight is 258 g/mol. The second-order valence-electron chi connectivity index (χ2n) is 3.26. The molecule has 0 fully saturated rings. The third-order valence-corrected chi connectivity index (χ3v) is 2.83. The maximum Gasteiger partial charge on any atom is 0.269 e. The van der Waals surface area contributed by atoms with Gasteiger partial charge in [0.25, 0.3) is 5.56 Å². The number of nitrogens with one attached hydrogen (secondary N) is 2. The van der Waals surface area contributed by atoms with Crippen LogP contribution in [0.25, 0.3) is 11.3 Å². The predicted molar refractivity (Wildman–Crippen MR) is 64.8 cm³/mol. The Kier molecular flexibility index (Phi) is 3.05. The molecule has 1 aromatic carbocycles. The molecule has 0 atom stereocenters. The summed E-state index contributed by atoms with van der Waals surface area (Å²) in [7, 11) is 0. The highest BCUT2D eigenvalue weighted by molar-refractivity contribution is 6.36. The van der Waals surface area contributed by atoms with Gasteiger partial charge in [0.05, 0.1) is 16.3 Å². The summed E-state index contributed by atoms with van der Waals surface area (Å²) in [6, 6.07) is 5.06.